The van der Waals surface area contributed by atoms with Crippen molar-refractivity contribution in [1.29, 1.82) is 0 Å². The van der Waals surface area contributed by atoms with E-state index in [2.05, 4.69) is 27.7 Å². The number of hydrogen-bond acceptors (Lipinski definition) is 0. The molecule has 0 saturated carbocycles. The van der Waals surface area contributed by atoms with Gasteiger partial charge in [0.1, 0.15) is 0 Å². The van der Waals surface area contributed by atoms with Gasteiger partial charge in [-0.15, -0.1) is 0 Å². The van der Waals surface area contributed by atoms with Crippen LogP contribution in [0.15, 0.2) is 0 Å². The van der Waals surface area contributed by atoms with E-state index in [-0.39, 0.29) is 0 Å². The van der Waals surface area contributed by atoms with Gasteiger partial charge in [0, 0.05) is 0 Å². The van der Waals surface area contributed by atoms with Crippen molar-refractivity contribution in [3.05, 3.63) is 0 Å². The maximum Gasteiger partial charge on any atom is -0.0440 e. The monoisotopic (exact) mass is 465 g/mol. The molecule has 0 aliphatic carbocycles. The van der Waals surface area contributed by atoms with Gasteiger partial charge in [0.25, 0.3) is 0 Å². The van der Waals surface area contributed by atoms with Gasteiger partial charge in [0.05, 0.1) is 0 Å². The molecule has 2 atom stereocenters. The van der Waals surface area contributed by atoms with Crippen molar-refractivity contribution in [2.24, 2.45) is 11.8 Å². The molecule has 0 aromatic rings. The van der Waals surface area contributed by atoms with Crippen LogP contribution < -0.4 is 0 Å². The first kappa shape index (κ1) is 33.0. The Hall–Kier alpha value is 0. The Labute approximate surface area is 212 Å². The molecule has 0 heteroatoms. The van der Waals surface area contributed by atoms with Crippen LogP contribution in [0.3, 0.4) is 0 Å². The second kappa shape index (κ2) is 28.2. The Morgan fingerprint density at radius 1 is 0.303 bits per heavy atom. The van der Waals surface area contributed by atoms with Crippen LogP contribution in [0, 0.1) is 11.8 Å². The topological polar surface area (TPSA) is 0 Å². The Kier molecular flexibility index (Phi) is 28.2. The molecule has 0 N–H and O–H groups in total. The van der Waals surface area contributed by atoms with E-state index in [9.17, 15) is 0 Å². The first-order valence-corrected chi connectivity index (χ1v) is 16.2. The van der Waals surface area contributed by atoms with Gasteiger partial charge < -0.3 is 0 Å². The van der Waals surface area contributed by atoms with Gasteiger partial charge in [0.2, 0.25) is 0 Å². The molecule has 0 heterocycles. The molecule has 0 saturated heterocycles. The van der Waals surface area contributed by atoms with Crippen molar-refractivity contribution < 1.29 is 0 Å². The molecule has 0 rings (SSSR count). The third-order valence-corrected chi connectivity index (χ3v) is 7.91. The predicted molar refractivity (Wildman–Crippen MR) is 154 cm³/mol. The van der Waals surface area contributed by atoms with Gasteiger partial charge in [-0.1, -0.05) is 195 Å². The largest absolute Gasteiger partial charge is 0.0654 e. The van der Waals surface area contributed by atoms with Crippen LogP contribution in [0.25, 0.3) is 0 Å². The Bertz CT molecular complexity index is 333. The van der Waals surface area contributed by atoms with Gasteiger partial charge in [-0.3, -0.25) is 0 Å². The number of rotatable bonds is 28. The van der Waals surface area contributed by atoms with Crippen LogP contribution >= 0.6 is 0 Å². The van der Waals surface area contributed by atoms with Crippen LogP contribution in [0.4, 0.5) is 0 Å². The van der Waals surface area contributed by atoms with Crippen molar-refractivity contribution in [1.82, 2.24) is 0 Å². The quantitative estimate of drug-likeness (QED) is 0.101. The van der Waals surface area contributed by atoms with Crippen molar-refractivity contribution in [2.75, 3.05) is 0 Å². The van der Waals surface area contributed by atoms with Gasteiger partial charge in [-0.25, -0.2) is 0 Å². The lowest BCUT2D eigenvalue weighted by Gasteiger charge is -2.17. The molecule has 33 heavy (non-hydrogen) atoms. The molecule has 0 fully saturated rings. The zero-order valence-corrected chi connectivity index (χ0v) is 24.2. The number of unbranched alkanes of at least 4 members (excludes halogenated alkanes) is 22. The van der Waals surface area contributed by atoms with Gasteiger partial charge in [-0.05, 0) is 18.3 Å². The van der Waals surface area contributed by atoms with Crippen LogP contribution in [0.2, 0.25) is 0 Å². The molecule has 0 aromatic heterocycles. The van der Waals surface area contributed by atoms with E-state index in [0.29, 0.717) is 0 Å². The summed E-state index contributed by atoms with van der Waals surface area (Å²) in [5.74, 6) is 1.89. The van der Waals surface area contributed by atoms with Crippen LogP contribution in [0.1, 0.15) is 201 Å². The fraction of sp³-hybridized carbons (Fsp3) is 1.00. The second-order valence-corrected chi connectivity index (χ2v) is 11.8. The molecule has 0 unspecified atom stereocenters. The Morgan fingerprint density at radius 3 is 0.758 bits per heavy atom. The minimum absolute atomic E-state index is 0.945. The lowest BCUT2D eigenvalue weighted by molar-refractivity contribution is 0.356. The molecule has 0 aliphatic rings. The second-order valence-electron chi connectivity index (χ2n) is 11.8. The van der Waals surface area contributed by atoms with Crippen LogP contribution in [0.5, 0.6) is 0 Å². The summed E-state index contributed by atoms with van der Waals surface area (Å²) in [6, 6.07) is 0. The highest BCUT2D eigenvalue weighted by atomic mass is 14.1. The molecule has 0 nitrogen and oxygen atoms in total. The normalized spacial score (nSPS) is 13.5. The Morgan fingerprint density at radius 2 is 0.515 bits per heavy atom. The van der Waals surface area contributed by atoms with Crippen molar-refractivity contribution in [3.63, 3.8) is 0 Å². The minimum Gasteiger partial charge on any atom is -0.0654 e. The average Bonchev–Trinajstić information content (AvgIpc) is 2.80. The average molecular weight is 465 g/mol. The first-order chi connectivity index (χ1) is 16.2. The van der Waals surface area contributed by atoms with E-state index in [1.807, 2.05) is 0 Å². The zero-order valence-electron chi connectivity index (χ0n) is 24.2. The standard InChI is InChI=1S/C33H68/c1-5-7-9-11-13-15-17-18-19-20-22-24-26-28-30-33(4)31-32(3)29-27-25-23-21-16-14-12-10-8-6-2/h32-33H,5-31H2,1-4H3/t32-,33+/m1/s1. The molecule has 0 amide bonds. The lowest BCUT2D eigenvalue weighted by atomic mass is 9.89. The fourth-order valence-corrected chi connectivity index (χ4v) is 5.59. The summed E-state index contributed by atoms with van der Waals surface area (Å²) in [6.07, 6.45) is 39.6. The molecule has 0 spiro atoms. The lowest BCUT2D eigenvalue weighted by Crippen LogP contribution is -2.03. The molecule has 0 aromatic carbocycles. The summed E-state index contributed by atoms with van der Waals surface area (Å²) in [5, 5.41) is 0. The first-order valence-electron chi connectivity index (χ1n) is 16.2. The van der Waals surface area contributed by atoms with Crippen molar-refractivity contribution >= 4 is 0 Å². The molecular weight excluding hydrogens is 396 g/mol. The van der Waals surface area contributed by atoms with Gasteiger partial charge >= 0.3 is 0 Å². The minimum atomic E-state index is 0.945. The van der Waals surface area contributed by atoms with E-state index < -0.39 is 0 Å². The fourth-order valence-electron chi connectivity index (χ4n) is 5.59. The van der Waals surface area contributed by atoms with E-state index in [1.165, 1.54) is 173 Å². The predicted octanol–water partition coefficient (Wildman–Crippen LogP) is 12.8. The summed E-state index contributed by atoms with van der Waals surface area (Å²) in [6.45, 7) is 9.64. The van der Waals surface area contributed by atoms with E-state index in [4.69, 9.17) is 0 Å². The summed E-state index contributed by atoms with van der Waals surface area (Å²) in [5.41, 5.74) is 0. The maximum atomic E-state index is 2.51. The third kappa shape index (κ3) is 28.1. The van der Waals surface area contributed by atoms with Crippen LogP contribution in [-0.2, 0) is 0 Å². The van der Waals surface area contributed by atoms with Crippen molar-refractivity contribution in [2.45, 2.75) is 201 Å². The van der Waals surface area contributed by atoms with Crippen LogP contribution in [-0.4, -0.2) is 0 Å². The summed E-state index contributed by atoms with van der Waals surface area (Å²) < 4.78 is 0. The van der Waals surface area contributed by atoms with Gasteiger partial charge in [0.15, 0.2) is 0 Å². The van der Waals surface area contributed by atoms with E-state index in [0.717, 1.165) is 11.8 Å². The zero-order chi connectivity index (χ0) is 24.2. The summed E-state index contributed by atoms with van der Waals surface area (Å²) in [7, 11) is 0. The maximum absolute atomic E-state index is 2.51. The molecule has 0 radical (unpaired) electrons. The highest BCUT2D eigenvalue weighted by molar-refractivity contribution is 4.61. The third-order valence-electron chi connectivity index (χ3n) is 7.91. The van der Waals surface area contributed by atoms with E-state index in [1.54, 1.807) is 0 Å². The smallest absolute Gasteiger partial charge is 0.0440 e. The Balaban J connectivity index is 3.27. The highest BCUT2D eigenvalue weighted by Crippen LogP contribution is 2.23. The van der Waals surface area contributed by atoms with E-state index >= 15 is 0 Å². The van der Waals surface area contributed by atoms with Crippen molar-refractivity contribution in [3.8, 4) is 0 Å². The molecule has 0 aliphatic heterocycles. The number of hydrogen-bond donors (Lipinski definition) is 0. The molecular formula is C33H68. The highest BCUT2D eigenvalue weighted by Gasteiger charge is 2.08. The summed E-state index contributed by atoms with van der Waals surface area (Å²) in [4.78, 5) is 0. The van der Waals surface area contributed by atoms with Gasteiger partial charge in [-0.2, -0.15) is 0 Å². The molecule has 200 valence electrons. The summed E-state index contributed by atoms with van der Waals surface area (Å²) >= 11 is 0. The SMILES string of the molecule is CCCCCCCCCCCCCCCC[C@H](C)C[C@H](C)CCCCCCCCCCCC. The molecule has 0 bridgehead atoms.